The van der Waals surface area contributed by atoms with E-state index in [1.165, 1.54) is 0 Å². The van der Waals surface area contributed by atoms with Crippen molar-refractivity contribution in [1.82, 2.24) is 9.97 Å². The molecule has 3 rings (SSSR count). The lowest BCUT2D eigenvalue weighted by molar-refractivity contribution is 1.28. The molecule has 3 aromatic rings. The Labute approximate surface area is 105 Å². The fourth-order valence-corrected chi connectivity index (χ4v) is 2.02. The van der Waals surface area contributed by atoms with Crippen LogP contribution in [0.1, 0.15) is 5.56 Å². The summed E-state index contributed by atoms with van der Waals surface area (Å²) in [6, 6.07) is 14.0. The number of pyridine rings is 2. The molecule has 0 atom stereocenters. The second-order valence-corrected chi connectivity index (χ2v) is 4.33. The fraction of sp³-hybridized carbons (Fsp3) is 0.0667. The van der Waals surface area contributed by atoms with E-state index in [1.54, 1.807) is 6.20 Å². The zero-order valence-electron chi connectivity index (χ0n) is 10.1. The molecule has 0 spiro atoms. The summed E-state index contributed by atoms with van der Waals surface area (Å²) < 4.78 is 0. The molecular formula is C15H13N3. The number of hydrogen-bond acceptors (Lipinski definition) is 3. The number of nitrogen functional groups attached to an aromatic ring is 1. The molecule has 3 nitrogen and oxygen atoms in total. The van der Waals surface area contributed by atoms with Gasteiger partial charge in [-0.1, -0.05) is 18.2 Å². The molecule has 0 radical (unpaired) electrons. The molecule has 0 aliphatic carbocycles. The van der Waals surface area contributed by atoms with Crippen LogP contribution in [-0.2, 0) is 0 Å². The SMILES string of the molecule is Cc1ccnc(-c2cc3ccccc3nc2N)c1. The van der Waals surface area contributed by atoms with Gasteiger partial charge in [0, 0.05) is 17.1 Å². The van der Waals surface area contributed by atoms with Crippen molar-refractivity contribution in [2.45, 2.75) is 6.92 Å². The van der Waals surface area contributed by atoms with E-state index in [2.05, 4.69) is 9.97 Å². The van der Waals surface area contributed by atoms with E-state index in [0.717, 1.165) is 27.7 Å². The first-order chi connectivity index (χ1) is 8.74. The van der Waals surface area contributed by atoms with Crippen molar-refractivity contribution in [1.29, 1.82) is 0 Å². The van der Waals surface area contributed by atoms with Crippen molar-refractivity contribution in [2.24, 2.45) is 0 Å². The summed E-state index contributed by atoms with van der Waals surface area (Å²) >= 11 is 0. The first-order valence-electron chi connectivity index (χ1n) is 5.82. The van der Waals surface area contributed by atoms with Crippen molar-refractivity contribution in [3.8, 4) is 11.3 Å². The molecule has 0 aliphatic rings. The van der Waals surface area contributed by atoms with Gasteiger partial charge in [0.25, 0.3) is 0 Å². The summed E-state index contributed by atoms with van der Waals surface area (Å²) in [5.74, 6) is 0.520. The highest BCUT2D eigenvalue weighted by Crippen LogP contribution is 2.26. The normalized spacial score (nSPS) is 10.7. The van der Waals surface area contributed by atoms with Gasteiger partial charge in [0.1, 0.15) is 5.82 Å². The Bertz CT molecular complexity index is 720. The minimum Gasteiger partial charge on any atom is -0.383 e. The van der Waals surface area contributed by atoms with E-state index >= 15 is 0 Å². The Morgan fingerprint density at radius 3 is 2.72 bits per heavy atom. The fourth-order valence-electron chi connectivity index (χ4n) is 2.02. The van der Waals surface area contributed by atoms with Crippen LogP contribution < -0.4 is 5.73 Å². The average Bonchev–Trinajstić information content (AvgIpc) is 2.38. The number of para-hydroxylation sites is 1. The topological polar surface area (TPSA) is 51.8 Å². The molecule has 0 fully saturated rings. The van der Waals surface area contributed by atoms with Crippen molar-refractivity contribution >= 4 is 16.7 Å². The highest BCUT2D eigenvalue weighted by atomic mass is 14.8. The zero-order chi connectivity index (χ0) is 12.5. The van der Waals surface area contributed by atoms with Gasteiger partial charge < -0.3 is 5.73 Å². The van der Waals surface area contributed by atoms with E-state index in [-0.39, 0.29) is 0 Å². The van der Waals surface area contributed by atoms with Gasteiger partial charge in [-0.15, -0.1) is 0 Å². The van der Waals surface area contributed by atoms with Gasteiger partial charge in [-0.3, -0.25) is 4.98 Å². The maximum absolute atomic E-state index is 6.02. The van der Waals surface area contributed by atoms with Crippen LogP contribution in [0.3, 0.4) is 0 Å². The number of aromatic nitrogens is 2. The second-order valence-electron chi connectivity index (χ2n) is 4.33. The van der Waals surface area contributed by atoms with E-state index in [9.17, 15) is 0 Å². The first-order valence-corrected chi connectivity index (χ1v) is 5.82. The molecule has 0 saturated heterocycles. The van der Waals surface area contributed by atoms with Crippen LogP contribution in [0.25, 0.3) is 22.2 Å². The van der Waals surface area contributed by atoms with Crippen molar-refractivity contribution < 1.29 is 0 Å². The van der Waals surface area contributed by atoms with Gasteiger partial charge in [0.05, 0.1) is 11.2 Å². The monoisotopic (exact) mass is 235 g/mol. The van der Waals surface area contributed by atoms with E-state index < -0.39 is 0 Å². The maximum atomic E-state index is 6.02. The first kappa shape index (κ1) is 10.7. The Hall–Kier alpha value is -2.42. The molecule has 3 heteroatoms. The number of anilines is 1. The average molecular weight is 235 g/mol. The minimum atomic E-state index is 0.520. The third-order valence-electron chi connectivity index (χ3n) is 2.94. The van der Waals surface area contributed by atoms with E-state index in [4.69, 9.17) is 5.73 Å². The molecule has 18 heavy (non-hydrogen) atoms. The zero-order valence-corrected chi connectivity index (χ0v) is 10.1. The van der Waals surface area contributed by atoms with Crippen LogP contribution in [0, 0.1) is 6.92 Å². The van der Waals surface area contributed by atoms with E-state index in [0.29, 0.717) is 5.82 Å². The third kappa shape index (κ3) is 1.80. The minimum absolute atomic E-state index is 0.520. The van der Waals surface area contributed by atoms with Crippen LogP contribution in [0.4, 0.5) is 5.82 Å². The molecule has 0 saturated carbocycles. The predicted molar refractivity (Wildman–Crippen MR) is 74.1 cm³/mol. The lowest BCUT2D eigenvalue weighted by Crippen LogP contribution is -1.96. The molecule has 2 N–H and O–H groups in total. The lowest BCUT2D eigenvalue weighted by atomic mass is 10.1. The molecule has 0 aliphatic heterocycles. The van der Waals surface area contributed by atoms with Crippen molar-refractivity contribution in [2.75, 3.05) is 5.73 Å². The Morgan fingerprint density at radius 2 is 1.89 bits per heavy atom. The number of rotatable bonds is 1. The summed E-state index contributed by atoms with van der Waals surface area (Å²) in [4.78, 5) is 8.78. The molecule has 0 amide bonds. The largest absolute Gasteiger partial charge is 0.383 e. The number of nitrogens with zero attached hydrogens (tertiary/aromatic N) is 2. The van der Waals surface area contributed by atoms with Gasteiger partial charge in [0.2, 0.25) is 0 Å². The number of hydrogen-bond donors (Lipinski definition) is 1. The molecule has 0 bridgehead atoms. The summed E-state index contributed by atoms with van der Waals surface area (Å²) in [7, 11) is 0. The van der Waals surface area contributed by atoms with Gasteiger partial charge >= 0.3 is 0 Å². The highest BCUT2D eigenvalue weighted by Gasteiger charge is 2.07. The Morgan fingerprint density at radius 1 is 1.06 bits per heavy atom. The molecule has 1 aromatic carbocycles. The number of fused-ring (bicyclic) bond motifs is 1. The highest BCUT2D eigenvalue weighted by molar-refractivity contribution is 5.87. The summed E-state index contributed by atoms with van der Waals surface area (Å²) in [5.41, 5.74) is 9.84. The Balaban J connectivity index is 2.26. The summed E-state index contributed by atoms with van der Waals surface area (Å²) in [6.45, 7) is 2.04. The van der Waals surface area contributed by atoms with Gasteiger partial charge in [-0.2, -0.15) is 0 Å². The van der Waals surface area contributed by atoms with Crippen molar-refractivity contribution in [3.05, 3.63) is 54.2 Å². The number of nitrogens with two attached hydrogens (primary N) is 1. The van der Waals surface area contributed by atoms with Crippen LogP contribution >= 0.6 is 0 Å². The molecule has 2 aromatic heterocycles. The van der Waals surface area contributed by atoms with E-state index in [1.807, 2.05) is 49.4 Å². The van der Waals surface area contributed by atoms with Gasteiger partial charge in [-0.05, 0) is 36.8 Å². The number of aryl methyl sites for hydroxylation is 1. The maximum Gasteiger partial charge on any atom is 0.133 e. The standard InChI is InChI=1S/C15H13N3/c1-10-6-7-17-14(8-10)12-9-11-4-2-3-5-13(11)18-15(12)16/h2-9H,1H3,(H2,16,18). The predicted octanol–water partition coefficient (Wildman–Crippen LogP) is 3.19. The molecule has 0 unspecified atom stereocenters. The Kier molecular flexibility index (Phi) is 2.45. The third-order valence-corrected chi connectivity index (χ3v) is 2.94. The molecule has 88 valence electrons. The summed E-state index contributed by atoms with van der Waals surface area (Å²) in [5, 5.41) is 1.07. The molecule has 2 heterocycles. The van der Waals surface area contributed by atoms with Gasteiger partial charge in [-0.25, -0.2) is 4.98 Å². The number of benzene rings is 1. The van der Waals surface area contributed by atoms with Crippen LogP contribution in [0.15, 0.2) is 48.7 Å². The second kappa shape index (κ2) is 4.11. The van der Waals surface area contributed by atoms with Crippen LogP contribution in [0.2, 0.25) is 0 Å². The smallest absolute Gasteiger partial charge is 0.133 e. The van der Waals surface area contributed by atoms with Crippen LogP contribution in [0.5, 0.6) is 0 Å². The summed E-state index contributed by atoms with van der Waals surface area (Å²) in [6.07, 6.45) is 1.79. The lowest BCUT2D eigenvalue weighted by Gasteiger charge is -2.07. The quantitative estimate of drug-likeness (QED) is 0.704. The van der Waals surface area contributed by atoms with Crippen molar-refractivity contribution in [3.63, 3.8) is 0 Å². The van der Waals surface area contributed by atoms with Gasteiger partial charge in [0.15, 0.2) is 0 Å². The molecular weight excluding hydrogens is 222 g/mol. The van der Waals surface area contributed by atoms with Crippen LogP contribution in [-0.4, -0.2) is 9.97 Å².